The average molecular weight is 145 g/mol. The van der Waals surface area contributed by atoms with Crippen LogP contribution in [0.3, 0.4) is 0 Å². The van der Waals surface area contributed by atoms with E-state index in [4.69, 9.17) is 11.6 Å². The molecule has 60 valence electrons. The van der Waals surface area contributed by atoms with Crippen LogP contribution in [0.15, 0.2) is 0 Å². The van der Waals surface area contributed by atoms with Crippen LogP contribution in [0, 0.1) is 5.92 Å². The Morgan fingerprint density at radius 1 is 1.60 bits per heavy atom. The van der Waals surface area contributed by atoms with Gasteiger partial charge >= 0.3 is 0 Å². The van der Waals surface area contributed by atoms with Gasteiger partial charge in [0, 0.05) is 0 Å². The average Bonchev–Trinajstić information content (AvgIpc) is 1.81. The number of primary amides is 1. The van der Waals surface area contributed by atoms with Gasteiger partial charge < -0.3 is 5.73 Å². The monoisotopic (exact) mass is 145 g/mol. The Labute approximate surface area is 60.9 Å². The maximum absolute atomic E-state index is 10.5. The molecule has 4 heteroatoms. The highest BCUT2D eigenvalue weighted by molar-refractivity contribution is 5.79. The molecule has 0 aliphatic carbocycles. The van der Waals surface area contributed by atoms with E-state index in [1.54, 1.807) is 0 Å². The summed E-state index contributed by atoms with van der Waals surface area (Å²) in [6.45, 7) is 4.01. The van der Waals surface area contributed by atoms with Crippen molar-refractivity contribution in [2.45, 2.75) is 26.3 Å². The number of hydrazine groups is 1. The summed E-state index contributed by atoms with van der Waals surface area (Å²) >= 11 is 0. The maximum atomic E-state index is 10.5. The molecule has 0 fully saturated rings. The number of hydrogen-bond acceptors (Lipinski definition) is 3. The molecule has 1 unspecified atom stereocenters. The Morgan fingerprint density at radius 3 is 2.20 bits per heavy atom. The lowest BCUT2D eigenvalue weighted by atomic mass is 10.0. The molecule has 1 atom stereocenters. The topological polar surface area (TPSA) is 81.1 Å². The van der Waals surface area contributed by atoms with Crippen molar-refractivity contribution in [1.29, 1.82) is 0 Å². The highest BCUT2D eigenvalue weighted by atomic mass is 16.1. The first kappa shape index (κ1) is 9.39. The number of nitrogens with one attached hydrogen (secondary N) is 1. The number of nitrogens with two attached hydrogens (primary N) is 2. The minimum Gasteiger partial charge on any atom is -0.368 e. The van der Waals surface area contributed by atoms with Gasteiger partial charge in [-0.05, 0) is 12.3 Å². The molecule has 0 aliphatic heterocycles. The lowest BCUT2D eigenvalue weighted by Crippen LogP contribution is -2.45. The van der Waals surface area contributed by atoms with Crippen molar-refractivity contribution < 1.29 is 4.79 Å². The van der Waals surface area contributed by atoms with Crippen molar-refractivity contribution >= 4 is 5.91 Å². The largest absolute Gasteiger partial charge is 0.368 e. The zero-order chi connectivity index (χ0) is 8.15. The number of amides is 1. The predicted molar refractivity (Wildman–Crippen MR) is 39.8 cm³/mol. The van der Waals surface area contributed by atoms with Gasteiger partial charge in [0.2, 0.25) is 5.91 Å². The molecule has 0 saturated heterocycles. The van der Waals surface area contributed by atoms with E-state index in [1.165, 1.54) is 0 Å². The highest BCUT2D eigenvalue weighted by Gasteiger charge is 2.13. The minimum atomic E-state index is -0.392. The molecule has 0 aromatic rings. The molecule has 0 aromatic carbocycles. The van der Waals surface area contributed by atoms with Crippen LogP contribution in [0.5, 0.6) is 0 Å². The molecule has 0 aliphatic rings. The van der Waals surface area contributed by atoms with Crippen LogP contribution >= 0.6 is 0 Å². The van der Waals surface area contributed by atoms with E-state index in [1.807, 2.05) is 13.8 Å². The molecular formula is C6H15N3O. The molecule has 0 bridgehead atoms. The molecule has 10 heavy (non-hydrogen) atoms. The Kier molecular flexibility index (Phi) is 3.99. The van der Waals surface area contributed by atoms with Gasteiger partial charge in [-0.1, -0.05) is 13.8 Å². The number of rotatable bonds is 4. The molecule has 0 spiro atoms. The van der Waals surface area contributed by atoms with Crippen molar-refractivity contribution in [3.8, 4) is 0 Å². The van der Waals surface area contributed by atoms with Crippen molar-refractivity contribution in [3.05, 3.63) is 0 Å². The van der Waals surface area contributed by atoms with Crippen LogP contribution < -0.4 is 17.0 Å². The molecule has 4 nitrogen and oxygen atoms in total. The first-order chi connectivity index (χ1) is 4.57. The Balaban J connectivity index is 3.72. The third kappa shape index (κ3) is 3.42. The summed E-state index contributed by atoms with van der Waals surface area (Å²) in [5.41, 5.74) is 7.37. The third-order valence-electron chi connectivity index (χ3n) is 1.25. The van der Waals surface area contributed by atoms with Crippen LogP contribution in [-0.2, 0) is 4.79 Å². The minimum absolute atomic E-state index is 0.389. The van der Waals surface area contributed by atoms with Crippen LogP contribution in [0.4, 0.5) is 0 Å². The molecule has 1 amide bonds. The number of hydrogen-bond donors (Lipinski definition) is 3. The van der Waals surface area contributed by atoms with Gasteiger partial charge in [0.1, 0.15) is 0 Å². The van der Waals surface area contributed by atoms with Gasteiger partial charge in [-0.2, -0.15) is 0 Å². The van der Waals surface area contributed by atoms with Gasteiger partial charge in [-0.3, -0.25) is 10.6 Å². The molecule has 0 aromatic heterocycles. The van der Waals surface area contributed by atoms with Crippen molar-refractivity contribution in [1.82, 2.24) is 5.43 Å². The lowest BCUT2D eigenvalue weighted by Gasteiger charge is -2.13. The molecule has 5 N–H and O–H groups in total. The van der Waals surface area contributed by atoms with Crippen LogP contribution in [0.25, 0.3) is 0 Å². The summed E-state index contributed by atoms with van der Waals surface area (Å²) in [6, 6.07) is -0.389. The SMILES string of the molecule is CC(C)CC(NN)C(N)=O. The van der Waals surface area contributed by atoms with Crippen molar-refractivity contribution in [3.63, 3.8) is 0 Å². The second kappa shape index (κ2) is 4.24. The zero-order valence-electron chi connectivity index (χ0n) is 6.42. The van der Waals surface area contributed by atoms with Crippen molar-refractivity contribution in [2.24, 2.45) is 17.5 Å². The Hall–Kier alpha value is -0.610. The normalized spacial score (nSPS) is 13.6. The van der Waals surface area contributed by atoms with E-state index in [-0.39, 0.29) is 6.04 Å². The van der Waals surface area contributed by atoms with Crippen molar-refractivity contribution in [2.75, 3.05) is 0 Å². The molecule has 0 rings (SSSR count). The van der Waals surface area contributed by atoms with E-state index in [9.17, 15) is 4.79 Å². The van der Waals surface area contributed by atoms with Gasteiger partial charge in [0.05, 0.1) is 6.04 Å². The predicted octanol–water partition coefficient (Wildman–Crippen LogP) is -0.650. The quantitative estimate of drug-likeness (QED) is 0.363. The molecular weight excluding hydrogens is 130 g/mol. The second-order valence-electron chi connectivity index (χ2n) is 2.75. The molecule has 0 radical (unpaired) electrons. The van der Waals surface area contributed by atoms with E-state index in [0.29, 0.717) is 12.3 Å². The van der Waals surface area contributed by atoms with Gasteiger partial charge in [-0.25, -0.2) is 5.43 Å². The van der Waals surface area contributed by atoms with E-state index < -0.39 is 5.91 Å². The first-order valence-electron chi connectivity index (χ1n) is 3.33. The zero-order valence-corrected chi connectivity index (χ0v) is 6.42. The summed E-state index contributed by atoms with van der Waals surface area (Å²) in [5.74, 6) is 5.10. The fraction of sp³-hybridized carbons (Fsp3) is 0.833. The number of carbonyl (C=O) groups is 1. The molecule has 0 heterocycles. The second-order valence-corrected chi connectivity index (χ2v) is 2.75. The standard InChI is InChI=1S/C6H15N3O/c1-4(2)3-5(9-8)6(7)10/h4-5,9H,3,8H2,1-2H3,(H2,7,10). The lowest BCUT2D eigenvalue weighted by molar-refractivity contribution is -0.120. The highest BCUT2D eigenvalue weighted by Crippen LogP contribution is 2.02. The summed E-state index contributed by atoms with van der Waals surface area (Å²) in [7, 11) is 0. The van der Waals surface area contributed by atoms with E-state index in [0.717, 1.165) is 0 Å². The smallest absolute Gasteiger partial charge is 0.235 e. The number of carbonyl (C=O) groups excluding carboxylic acids is 1. The van der Waals surface area contributed by atoms with E-state index >= 15 is 0 Å². The maximum Gasteiger partial charge on any atom is 0.235 e. The van der Waals surface area contributed by atoms with Crippen LogP contribution in [-0.4, -0.2) is 11.9 Å². The van der Waals surface area contributed by atoms with Crippen LogP contribution in [0.2, 0.25) is 0 Å². The van der Waals surface area contributed by atoms with E-state index in [2.05, 4.69) is 5.43 Å². The summed E-state index contributed by atoms with van der Waals surface area (Å²) in [6.07, 6.45) is 0.686. The summed E-state index contributed by atoms with van der Waals surface area (Å²) < 4.78 is 0. The Bertz CT molecular complexity index is 114. The van der Waals surface area contributed by atoms with Crippen LogP contribution in [0.1, 0.15) is 20.3 Å². The third-order valence-corrected chi connectivity index (χ3v) is 1.25. The Morgan fingerprint density at radius 2 is 2.10 bits per heavy atom. The van der Waals surface area contributed by atoms with Gasteiger partial charge in [0.25, 0.3) is 0 Å². The van der Waals surface area contributed by atoms with Gasteiger partial charge in [-0.15, -0.1) is 0 Å². The van der Waals surface area contributed by atoms with Gasteiger partial charge in [0.15, 0.2) is 0 Å². The molecule has 0 saturated carbocycles. The first-order valence-corrected chi connectivity index (χ1v) is 3.33. The summed E-state index contributed by atoms with van der Waals surface area (Å²) in [5, 5.41) is 0. The fourth-order valence-electron chi connectivity index (χ4n) is 0.738. The summed E-state index contributed by atoms with van der Waals surface area (Å²) in [4.78, 5) is 10.5. The fourth-order valence-corrected chi connectivity index (χ4v) is 0.738.